The Labute approximate surface area is 128 Å². The number of nitrogens with one attached hydrogen (secondary N) is 1. The summed E-state index contributed by atoms with van der Waals surface area (Å²) < 4.78 is 5.80. The van der Waals surface area contributed by atoms with E-state index in [2.05, 4.69) is 60.8 Å². The summed E-state index contributed by atoms with van der Waals surface area (Å²) in [4.78, 5) is 0. The van der Waals surface area contributed by atoms with Crippen LogP contribution in [0.2, 0.25) is 0 Å². The van der Waals surface area contributed by atoms with Crippen molar-refractivity contribution >= 4 is 0 Å². The van der Waals surface area contributed by atoms with Gasteiger partial charge in [0.15, 0.2) is 0 Å². The van der Waals surface area contributed by atoms with Crippen molar-refractivity contribution in [3.05, 3.63) is 65.7 Å². The Morgan fingerprint density at radius 1 is 0.952 bits per heavy atom. The fourth-order valence-electron chi connectivity index (χ4n) is 2.52. The maximum atomic E-state index is 5.80. The highest BCUT2D eigenvalue weighted by Gasteiger charge is 2.15. The van der Waals surface area contributed by atoms with Crippen LogP contribution in [-0.2, 0) is 6.42 Å². The molecule has 0 fully saturated rings. The van der Waals surface area contributed by atoms with E-state index in [1.165, 1.54) is 11.1 Å². The van der Waals surface area contributed by atoms with Gasteiger partial charge in [-0.2, -0.15) is 0 Å². The Balaban J connectivity index is 2.23. The second-order valence-corrected chi connectivity index (χ2v) is 5.17. The summed E-state index contributed by atoms with van der Waals surface area (Å²) in [5, 5.41) is 3.65. The summed E-state index contributed by atoms with van der Waals surface area (Å²) in [6.07, 6.45) is 2.10. The maximum absolute atomic E-state index is 5.80. The Kier molecular flexibility index (Phi) is 6.29. The van der Waals surface area contributed by atoms with Gasteiger partial charge in [-0.05, 0) is 37.9 Å². The Morgan fingerprint density at radius 2 is 1.67 bits per heavy atom. The zero-order valence-corrected chi connectivity index (χ0v) is 13.0. The molecule has 0 aliphatic rings. The summed E-state index contributed by atoms with van der Waals surface area (Å²) in [5.74, 6) is 0.990. The summed E-state index contributed by atoms with van der Waals surface area (Å²) in [7, 11) is 0. The number of hydrogen-bond donors (Lipinski definition) is 1. The molecule has 0 saturated heterocycles. The van der Waals surface area contributed by atoms with Crippen molar-refractivity contribution in [3.8, 4) is 5.75 Å². The first kappa shape index (κ1) is 15.6. The normalized spacial score (nSPS) is 12.1. The molecular weight excluding hydrogens is 258 g/mol. The smallest absolute Gasteiger partial charge is 0.124 e. The topological polar surface area (TPSA) is 21.3 Å². The molecular formula is C19H25NO. The molecule has 1 N–H and O–H groups in total. The third-order valence-electron chi connectivity index (χ3n) is 3.52. The van der Waals surface area contributed by atoms with Crippen molar-refractivity contribution in [2.24, 2.45) is 0 Å². The molecule has 0 aromatic heterocycles. The van der Waals surface area contributed by atoms with Crippen LogP contribution in [0.1, 0.15) is 37.4 Å². The molecule has 112 valence electrons. The summed E-state index contributed by atoms with van der Waals surface area (Å²) >= 11 is 0. The highest BCUT2D eigenvalue weighted by molar-refractivity contribution is 5.37. The molecule has 1 atom stereocenters. The molecule has 0 aliphatic heterocycles. The van der Waals surface area contributed by atoms with Gasteiger partial charge in [0.05, 0.1) is 6.61 Å². The van der Waals surface area contributed by atoms with E-state index in [4.69, 9.17) is 4.74 Å². The third-order valence-corrected chi connectivity index (χ3v) is 3.52. The van der Waals surface area contributed by atoms with E-state index in [1.54, 1.807) is 0 Å². The van der Waals surface area contributed by atoms with Crippen molar-refractivity contribution in [2.45, 2.75) is 32.7 Å². The van der Waals surface area contributed by atoms with Crippen LogP contribution in [0.3, 0.4) is 0 Å². The predicted octanol–water partition coefficient (Wildman–Crippen LogP) is 4.37. The summed E-state index contributed by atoms with van der Waals surface area (Å²) in [6.45, 7) is 5.93. The minimum Gasteiger partial charge on any atom is -0.494 e. The predicted molar refractivity (Wildman–Crippen MR) is 88.8 cm³/mol. The molecule has 0 bridgehead atoms. The summed E-state index contributed by atoms with van der Waals surface area (Å²) in [5.41, 5.74) is 2.59. The fourth-order valence-corrected chi connectivity index (χ4v) is 2.52. The Hall–Kier alpha value is -1.80. The van der Waals surface area contributed by atoms with Crippen molar-refractivity contribution in [2.75, 3.05) is 13.2 Å². The SMILES string of the molecule is CCCNC(Cc1ccccc1)c1ccccc1OCC. The molecule has 0 heterocycles. The average Bonchev–Trinajstić information content (AvgIpc) is 2.53. The van der Waals surface area contributed by atoms with Crippen LogP contribution in [0.15, 0.2) is 54.6 Å². The van der Waals surface area contributed by atoms with Gasteiger partial charge >= 0.3 is 0 Å². The van der Waals surface area contributed by atoms with Gasteiger partial charge in [-0.15, -0.1) is 0 Å². The molecule has 0 aliphatic carbocycles. The van der Waals surface area contributed by atoms with E-state index in [0.29, 0.717) is 6.61 Å². The number of para-hydroxylation sites is 1. The summed E-state index contributed by atoms with van der Waals surface area (Å²) in [6, 6.07) is 19.3. The van der Waals surface area contributed by atoms with Crippen molar-refractivity contribution < 1.29 is 4.74 Å². The van der Waals surface area contributed by atoms with Gasteiger partial charge in [0.1, 0.15) is 5.75 Å². The van der Waals surface area contributed by atoms with E-state index in [1.807, 2.05) is 13.0 Å². The lowest BCUT2D eigenvalue weighted by atomic mass is 9.98. The van der Waals surface area contributed by atoms with Crippen molar-refractivity contribution in [3.63, 3.8) is 0 Å². The van der Waals surface area contributed by atoms with Crippen LogP contribution >= 0.6 is 0 Å². The van der Waals surface area contributed by atoms with Gasteiger partial charge in [-0.25, -0.2) is 0 Å². The molecule has 0 radical (unpaired) electrons. The minimum atomic E-state index is 0.287. The van der Waals surface area contributed by atoms with Crippen LogP contribution in [0.25, 0.3) is 0 Å². The lowest BCUT2D eigenvalue weighted by Crippen LogP contribution is -2.24. The van der Waals surface area contributed by atoms with E-state index in [0.717, 1.165) is 25.1 Å². The molecule has 0 saturated carbocycles. The third kappa shape index (κ3) is 4.61. The molecule has 2 aromatic carbocycles. The van der Waals surface area contributed by atoms with Crippen molar-refractivity contribution in [1.29, 1.82) is 0 Å². The molecule has 1 unspecified atom stereocenters. The van der Waals surface area contributed by atoms with Gasteiger partial charge in [-0.3, -0.25) is 0 Å². The van der Waals surface area contributed by atoms with E-state index in [-0.39, 0.29) is 6.04 Å². The van der Waals surface area contributed by atoms with Gasteiger partial charge in [-0.1, -0.05) is 55.5 Å². The van der Waals surface area contributed by atoms with Crippen molar-refractivity contribution in [1.82, 2.24) is 5.32 Å². The second-order valence-electron chi connectivity index (χ2n) is 5.17. The van der Waals surface area contributed by atoms with E-state index in [9.17, 15) is 0 Å². The zero-order chi connectivity index (χ0) is 14.9. The molecule has 2 nitrogen and oxygen atoms in total. The highest BCUT2D eigenvalue weighted by atomic mass is 16.5. The Bertz CT molecular complexity index is 524. The largest absolute Gasteiger partial charge is 0.494 e. The van der Waals surface area contributed by atoms with Crippen LogP contribution in [-0.4, -0.2) is 13.2 Å². The lowest BCUT2D eigenvalue weighted by molar-refractivity contribution is 0.331. The number of rotatable bonds is 8. The molecule has 2 aromatic rings. The van der Waals surface area contributed by atoms with Gasteiger partial charge in [0.25, 0.3) is 0 Å². The first-order valence-electron chi connectivity index (χ1n) is 7.84. The van der Waals surface area contributed by atoms with Crippen LogP contribution in [0.5, 0.6) is 5.75 Å². The first-order valence-corrected chi connectivity index (χ1v) is 7.84. The molecule has 2 rings (SSSR count). The Morgan fingerprint density at radius 3 is 2.38 bits per heavy atom. The monoisotopic (exact) mass is 283 g/mol. The average molecular weight is 283 g/mol. The number of ether oxygens (including phenoxy) is 1. The molecule has 0 amide bonds. The van der Waals surface area contributed by atoms with E-state index >= 15 is 0 Å². The highest BCUT2D eigenvalue weighted by Crippen LogP contribution is 2.27. The van der Waals surface area contributed by atoms with E-state index < -0.39 is 0 Å². The maximum Gasteiger partial charge on any atom is 0.124 e. The molecule has 2 heteroatoms. The number of hydrogen-bond acceptors (Lipinski definition) is 2. The van der Waals surface area contributed by atoms with Crippen LogP contribution in [0, 0.1) is 0 Å². The van der Waals surface area contributed by atoms with Gasteiger partial charge in [0, 0.05) is 11.6 Å². The lowest BCUT2D eigenvalue weighted by Gasteiger charge is -2.22. The standard InChI is InChI=1S/C19H25NO/c1-3-14-20-18(15-16-10-6-5-7-11-16)17-12-8-9-13-19(17)21-4-2/h5-13,18,20H,3-4,14-15H2,1-2H3. The molecule has 0 spiro atoms. The second kappa shape index (κ2) is 8.48. The first-order chi connectivity index (χ1) is 10.3. The van der Waals surface area contributed by atoms with Crippen LogP contribution in [0.4, 0.5) is 0 Å². The van der Waals surface area contributed by atoms with Gasteiger partial charge in [0.2, 0.25) is 0 Å². The van der Waals surface area contributed by atoms with Crippen LogP contribution < -0.4 is 10.1 Å². The fraction of sp³-hybridized carbons (Fsp3) is 0.368. The molecule has 21 heavy (non-hydrogen) atoms. The zero-order valence-electron chi connectivity index (χ0n) is 13.0. The van der Waals surface area contributed by atoms with Gasteiger partial charge < -0.3 is 10.1 Å². The minimum absolute atomic E-state index is 0.287. The quantitative estimate of drug-likeness (QED) is 0.777. The number of benzene rings is 2.